The van der Waals surface area contributed by atoms with Gasteiger partial charge in [-0.25, -0.2) is 4.98 Å². The lowest BCUT2D eigenvalue weighted by Crippen LogP contribution is -2.37. The predicted molar refractivity (Wildman–Crippen MR) is 165 cm³/mol. The fraction of sp³-hybridized carbons (Fsp3) is 0.400. The van der Waals surface area contributed by atoms with E-state index < -0.39 is 0 Å². The van der Waals surface area contributed by atoms with Gasteiger partial charge in [-0.3, -0.25) is 4.90 Å². The lowest BCUT2D eigenvalue weighted by molar-refractivity contribution is 0.170. The van der Waals surface area contributed by atoms with Crippen LogP contribution in [0.1, 0.15) is 50.3 Å². The summed E-state index contributed by atoms with van der Waals surface area (Å²) in [6.07, 6.45) is 6.24. The zero-order valence-electron chi connectivity index (χ0n) is 24.3. The van der Waals surface area contributed by atoms with Crippen LogP contribution in [0.15, 0.2) is 78.9 Å². The summed E-state index contributed by atoms with van der Waals surface area (Å²) in [6, 6.07) is 27.8. The third-order valence-electron chi connectivity index (χ3n) is 8.28. The molecule has 214 valence electrons. The normalized spacial score (nSPS) is 15.1. The van der Waals surface area contributed by atoms with Crippen LogP contribution >= 0.6 is 0 Å². The number of imidazole rings is 1. The van der Waals surface area contributed by atoms with Crippen molar-refractivity contribution >= 4 is 0 Å². The minimum absolute atomic E-state index is 0.302. The zero-order valence-corrected chi connectivity index (χ0v) is 24.3. The summed E-state index contributed by atoms with van der Waals surface area (Å²) in [5, 5.41) is 0. The summed E-state index contributed by atoms with van der Waals surface area (Å²) in [6.45, 7) is 9.70. The number of unbranched alkanes of at least 4 members (excludes halogenated alkanes) is 1. The Kier molecular flexibility index (Phi) is 8.98. The van der Waals surface area contributed by atoms with E-state index in [2.05, 4.69) is 100 Å². The van der Waals surface area contributed by atoms with Gasteiger partial charge < -0.3 is 18.9 Å². The van der Waals surface area contributed by atoms with E-state index in [0.29, 0.717) is 6.79 Å². The molecule has 3 aromatic carbocycles. The summed E-state index contributed by atoms with van der Waals surface area (Å²) in [5.41, 5.74) is 5.98. The highest BCUT2D eigenvalue weighted by Crippen LogP contribution is 2.34. The van der Waals surface area contributed by atoms with Gasteiger partial charge in [0.25, 0.3) is 0 Å². The van der Waals surface area contributed by atoms with Crippen molar-refractivity contribution in [1.82, 2.24) is 19.4 Å². The van der Waals surface area contributed by atoms with Crippen molar-refractivity contribution < 1.29 is 9.47 Å². The summed E-state index contributed by atoms with van der Waals surface area (Å²) in [4.78, 5) is 10.6. The summed E-state index contributed by atoms with van der Waals surface area (Å²) >= 11 is 0. The van der Waals surface area contributed by atoms with E-state index >= 15 is 0 Å². The fourth-order valence-corrected chi connectivity index (χ4v) is 6.03. The Bertz CT molecular complexity index is 1400. The third kappa shape index (κ3) is 6.66. The molecule has 0 bridgehead atoms. The second-order valence-corrected chi connectivity index (χ2v) is 11.3. The van der Waals surface area contributed by atoms with E-state index in [1.165, 1.54) is 54.7 Å². The third-order valence-corrected chi connectivity index (χ3v) is 8.28. The standard InChI is InChI=1S/C35H42N4O2/c1-2-3-21-39-31(34(29-13-7-4-8-14-29)36-35(39)30-15-9-5-10-16-30)26-38(23-22-37-19-11-6-12-20-37)25-28-17-18-32-33(24-28)41-27-40-32/h4-5,7-10,13-18,24H,2-3,6,11-12,19-23,25-27H2,1H3. The molecule has 0 saturated carbocycles. The monoisotopic (exact) mass is 550 g/mol. The Morgan fingerprint density at radius 2 is 1.51 bits per heavy atom. The van der Waals surface area contributed by atoms with Gasteiger partial charge in [0.05, 0.1) is 11.4 Å². The molecular formula is C35H42N4O2. The average molecular weight is 551 g/mol. The number of rotatable bonds is 12. The highest BCUT2D eigenvalue weighted by Gasteiger charge is 2.23. The quantitative estimate of drug-likeness (QED) is 0.186. The van der Waals surface area contributed by atoms with E-state index in [0.717, 1.165) is 68.6 Å². The van der Waals surface area contributed by atoms with Gasteiger partial charge in [0.2, 0.25) is 6.79 Å². The molecular weight excluding hydrogens is 508 g/mol. The number of fused-ring (bicyclic) bond motifs is 1. The Labute approximate surface area is 244 Å². The molecule has 0 spiro atoms. The van der Waals surface area contributed by atoms with Crippen molar-refractivity contribution in [1.29, 1.82) is 0 Å². The number of likely N-dealkylation sites (tertiary alicyclic amines) is 1. The van der Waals surface area contributed by atoms with Gasteiger partial charge in [0.1, 0.15) is 5.82 Å². The van der Waals surface area contributed by atoms with E-state index in [1.807, 2.05) is 0 Å². The number of aromatic nitrogens is 2. The number of hydrogen-bond donors (Lipinski definition) is 0. The molecule has 0 N–H and O–H groups in total. The highest BCUT2D eigenvalue weighted by molar-refractivity contribution is 5.68. The van der Waals surface area contributed by atoms with Gasteiger partial charge in [-0.1, -0.05) is 86.5 Å². The summed E-state index contributed by atoms with van der Waals surface area (Å²) in [5.74, 6) is 2.75. The molecule has 0 unspecified atom stereocenters. The molecule has 1 aromatic heterocycles. The number of hydrogen-bond acceptors (Lipinski definition) is 5. The van der Waals surface area contributed by atoms with Crippen LogP contribution in [0.25, 0.3) is 22.6 Å². The van der Waals surface area contributed by atoms with Crippen LogP contribution in [0.2, 0.25) is 0 Å². The number of ether oxygens (including phenoxy) is 2. The first-order valence-corrected chi connectivity index (χ1v) is 15.3. The molecule has 6 rings (SSSR count). The Hall–Kier alpha value is -3.61. The molecule has 41 heavy (non-hydrogen) atoms. The SMILES string of the molecule is CCCCn1c(-c2ccccc2)nc(-c2ccccc2)c1CN(CCN1CCCCC1)Cc1ccc2c(c1)OCO2. The number of benzene rings is 3. The van der Waals surface area contributed by atoms with Crippen LogP contribution in [0.5, 0.6) is 11.5 Å². The molecule has 4 aromatic rings. The maximum absolute atomic E-state index is 5.72. The molecule has 6 heteroatoms. The van der Waals surface area contributed by atoms with Gasteiger partial charge in [-0.15, -0.1) is 0 Å². The maximum Gasteiger partial charge on any atom is 0.231 e. The molecule has 3 heterocycles. The molecule has 1 saturated heterocycles. The smallest absolute Gasteiger partial charge is 0.231 e. The fourth-order valence-electron chi connectivity index (χ4n) is 6.03. The highest BCUT2D eigenvalue weighted by atomic mass is 16.7. The van der Waals surface area contributed by atoms with Crippen LogP contribution in [-0.4, -0.2) is 52.3 Å². The largest absolute Gasteiger partial charge is 0.454 e. The van der Waals surface area contributed by atoms with E-state index in [9.17, 15) is 0 Å². The van der Waals surface area contributed by atoms with Crippen molar-refractivity contribution in [3.05, 3.63) is 90.1 Å². The Morgan fingerprint density at radius 3 is 2.27 bits per heavy atom. The molecule has 2 aliphatic rings. The van der Waals surface area contributed by atoms with E-state index in [4.69, 9.17) is 14.5 Å². The molecule has 6 nitrogen and oxygen atoms in total. The van der Waals surface area contributed by atoms with Gasteiger partial charge >= 0.3 is 0 Å². The van der Waals surface area contributed by atoms with Gasteiger partial charge in [-0.05, 0) is 50.0 Å². The van der Waals surface area contributed by atoms with Crippen molar-refractivity contribution in [3.63, 3.8) is 0 Å². The first kappa shape index (κ1) is 27.6. The molecule has 2 aliphatic heterocycles. The van der Waals surface area contributed by atoms with Gasteiger partial charge in [-0.2, -0.15) is 0 Å². The summed E-state index contributed by atoms with van der Waals surface area (Å²) in [7, 11) is 0. The Morgan fingerprint density at radius 1 is 0.780 bits per heavy atom. The number of piperidine rings is 1. The first-order valence-electron chi connectivity index (χ1n) is 15.3. The van der Waals surface area contributed by atoms with E-state index in [-0.39, 0.29) is 0 Å². The zero-order chi connectivity index (χ0) is 27.9. The molecule has 1 fully saturated rings. The maximum atomic E-state index is 5.72. The molecule has 0 atom stereocenters. The lowest BCUT2D eigenvalue weighted by atomic mass is 10.1. The minimum Gasteiger partial charge on any atom is -0.454 e. The van der Waals surface area contributed by atoms with Crippen LogP contribution in [0.3, 0.4) is 0 Å². The van der Waals surface area contributed by atoms with Crippen molar-refractivity contribution in [2.24, 2.45) is 0 Å². The summed E-state index contributed by atoms with van der Waals surface area (Å²) < 4.78 is 13.8. The second kappa shape index (κ2) is 13.4. The lowest BCUT2D eigenvalue weighted by Gasteiger charge is -2.30. The number of nitrogens with zero attached hydrogens (tertiary/aromatic N) is 4. The first-order chi connectivity index (χ1) is 20.3. The van der Waals surface area contributed by atoms with Crippen molar-refractivity contribution in [2.75, 3.05) is 33.0 Å². The topological polar surface area (TPSA) is 42.8 Å². The minimum atomic E-state index is 0.302. The average Bonchev–Trinajstić information content (AvgIpc) is 3.64. The predicted octanol–water partition coefficient (Wildman–Crippen LogP) is 7.23. The molecule has 0 aliphatic carbocycles. The van der Waals surface area contributed by atoms with Crippen LogP contribution in [-0.2, 0) is 19.6 Å². The Balaban J connectivity index is 1.37. The van der Waals surface area contributed by atoms with Crippen molar-refractivity contribution in [3.8, 4) is 34.1 Å². The van der Waals surface area contributed by atoms with Gasteiger partial charge in [0, 0.05) is 43.9 Å². The second-order valence-electron chi connectivity index (χ2n) is 11.3. The van der Waals surface area contributed by atoms with Crippen LogP contribution < -0.4 is 9.47 Å². The van der Waals surface area contributed by atoms with Crippen LogP contribution in [0, 0.1) is 0 Å². The van der Waals surface area contributed by atoms with Crippen molar-refractivity contribution in [2.45, 2.75) is 58.7 Å². The molecule has 0 radical (unpaired) electrons. The van der Waals surface area contributed by atoms with Crippen LogP contribution in [0.4, 0.5) is 0 Å². The molecule has 0 amide bonds. The van der Waals surface area contributed by atoms with Gasteiger partial charge in [0.15, 0.2) is 11.5 Å². The van der Waals surface area contributed by atoms with E-state index in [1.54, 1.807) is 0 Å².